The van der Waals surface area contributed by atoms with Crippen LogP contribution in [0, 0.1) is 0 Å². The third kappa shape index (κ3) is 4.39. The SMILES string of the molecule is CCNCc1cccc(CN(C)C(C)(C)CC)n1. The Morgan fingerprint density at radius 3 is 2.50 bits per heavy atom. The van der Waals surface area contributed by atoms with Gasteiger partial charge in [0, 0.05) is 18.6 Å². The molecule has 0 aliphatic rings. The second-order valence-corrected chi connectivity index (χ2v) is 5.42. The summed E-state index contributed by atoms with van der Waals surface area (Å²) in [6, 6.07) is 6.29. The van der Waals surface area contributed by atoms with E-state index in [0.717, 1.165) is 37.4 Å². The van der Waals surface area contributed by atoms with Crippen LogP contribution in [0.25, 0.3) is 0 Å². The minimum atomic E-state index is 0.222. The van der Waals surface area contributed by atoms with Crippen molar-refractivity contribution >= 4 is 0 Å². The Bertz CT molecular complexity index is 361. The fourth-order valence-electron chi connectivity index (χ4n) is 1.70. The zero-order valence-electron chi connectivity index (χ0n) is 12.5. The van der Waals surface area contributed by atoms with Crippen LogP contribution in [0.15, 0.2) is 18.2 Å². The maximum absolute atomic E-state index is 4.69. The van der Waals surface area contributed by atoms with Crippen molar-refractivity contribution < 1.29 is 0 Å². The Kier molecular flexibility index (Phi) is 5.76. The van der Waals surface area contributed by atoms with Crippen LogP contribution in [-0.2, 0) is 13.1 Å². The summed E-state index contributed by atoms with van der Waals surface area (Å²) in [7, 11) is 2.17. The lowest BCUT2D eigenvalue weighted by molar-refractivity contribution is 0.141. The highest BCUT2D eigenvalue weighted by Crippen LogP contribution is 2.18. The van der Waals surface area contributed by atoms with Gasteiger partial charge in [0.05, 0.1) is 11.4 Å². The van der Waals surface area contributed by atoms with Crippen molar-refractivity contribution in [1.82, 2.24) is 15.2 Å². The van der Waals surface area contributed by atoms with Crippen LogP contribution in [0.3, 0.4) is 0 Å². The molecule has 3 nitrogen and oxygen atoms in total. The zero-order valence-corrected chi connectivity index (χ0v) is 12.5. The lowest BCUT2D eigenvalue weighted by Crippen LogP contribution is -2.40. The first-order valence-electron chi connectivity index (χ1n) is 6.86. The Morgan fingerprint density at radius 2 is 1.89 bits per heavy atom. The Balaban J connectivity index is 2.67. The van der Waals surface area contributed by atoms with E-state index >= 15 is 0 Å². The fourth-order valence-corrected chi connectivity index (χ4v) is 1.70. The van der Waals surface area contributed by atoms with Crippen LogP contribution >= 0.6 is 0 Å². The van der Waals surface area contributed by atoms with Gasteiger partial charge in [0.2, 0.25) is 0 Å². The molecule has 0 aliphatic heterocycles. The summed E-state index contributed by atoms with van der Waals surface area (Å²) in [5.74, 6) is 0. The van der Waals surface area contributed by atoms with E-state index < -0.39 is 0 Å². The van der Waals surface area contributed by atoms with Crippen LogP contribution in [0.4, 0.5) is 0 Å². The van der Waals surface area contributed by atoms with Gasteiger partial charge in [-0.15, -0.1) is 0 Å². The maximum Gasteiger partial charge on any atom is 0.0547 e. The highest BCUT2D eigenvalue weighted by molar-refractivity contribution is 5.11. The predicted molar refractivity (Wildman–Crippen MR) is 77.5 cm³/mol. The molecule has 1 N–H and O–H groups in total. The number of nitrogens with zero attached hydrogens (tertiary/aromatic N) is 2. The molecule has 3 heteroatoms. The predicted octanol–water partition coefficient (Wildman–Crippen LogP) is 2.81. The van der Waals surface area contributed by atoms with Crippen LogP contribution < -0.4 is 5.32 Å². The molecular formula is C15H27N3. The molecule has 1 rings (SSSR count). The monoisotopic (exact) mass is 249 g/mol. The van der Waals surface area contributed by atoms with Crippen molar-refractivity contribution in [1.29, 1.82) is 0 Å². The standard InChI is InChI=1S/C15H27N3/c1-6-15(3,4)18(5)12-14-10-8-9-13(17-14)11-16-7-2/h8-10,16H,6-7,11-12H2,1-5H3. The Morgan fingerprint density at radius 1 is 1.22 bits per heavy atom. The molecule has 0 atom stereocenters. The van der Waals surface area contributed by atoms with E-state index in [9.17, 15) is 0 Å². The number of rotatable bonds is 7. The van der Waals surface area contributed by atoms with E-state index in [2.05, 4.69) is 63.2 Å². The van der Waals surface area contributed by atoms with E-state index in [4.69, 9.17) is 4.98 Å². The zero-order chi connectivity index (χ0) is 13.6. The van der Waals surface area contributed by atoms with Crippen molar-refractivity contribution in [3.63, 3.8) is 0 Å². The van der Waals surface area contributed by atoms with Gasteiger partial charge in [-0.25, -0.2) is 0 Å². The van der Waals surface area contributed by atoms with Crippen LogP contribution in [-0.4, -0.2) is 29.0 Å². The van der Waals surface area contributed by atoms with E-state index in [0.29, 0.717) is 0 Å². The number of nitrogens with one attached hydrogen (secondary N) is 1. The average molecular weight is 249 g/mol. The third-order valence-electron chi connectivity index (χ3n) is 3.72. The number of hydrogen-bond acceptors (Lipinski definition) is 3. The maximum atomic E-state index is 4.69. The largest absolute Gasteiger partial charge is 0.311 e. The minimum Gasteiger partial charge on any atom is -0.311 e. The van der Waals surface area contributed by atoms with Gasteiger partial charge in [-0.05, 0) is 46.0 Å². The normalized spacial score (nSPS) is 12.1. The number of hydrogen-bond donors (Lipinski definition) is 1. The molecule has 0 unspecified atom stereocenters. The molecule has 0 bridgehead atoms. The van der Waals surface area contributed by atoms with E-state index in [1.807, 2.05) is 0 Å². The summed E-state index contributed by atoms with van der Waals surface area (Å²) in [6.07, 6.45) is 1.14. The first-order chi connectivity index (χ1) is 8.49. The number of aromatic nitrogens is 1. The van der Waals surface area contributed by atoms with Crippen molar-refractivity contribution in [3.8, 4) is 0 Å². The van der Waals surface area contributed by atoms with Gasteiger partial charge in [0.15, 0.2) is 0 Å². The molecule has 1 aromatic rings. The van der Waals surface area contributed by atoms with Crippen molar-refractivity contribution in [2.45, 2.75) is 52.7 Å². The van der Waals surface area contributed by atoms with Crippen molar-refractivity contribution in [2.24, 2.45) is 0 Å². The number of pyridine rings is 1. The van der Waals surface area contributed by atoms with E-state index in [1.54, 1.807) is 0 Å². The molecule has 0 fully saturated rings. The van der Waals surface area contributed by atoms with Gasteiger partial charge >= 0.3 is 0 Å². The molecule has 102 valence electrons. The second-order valence-electron chi connectivity index (χ2n) is 5.42. The highest BCUT2D eigenvalue weighted by Gasteiger charge is 2.21. The second kappa shape index (κ2) is 6.86. The van der Waals surface area contributed by atoms with Crippen LogP contribution in [0.5, 0.6) is 0 Å². The molecule has 18 heavy (non-hydrogen) atoms. The highest BCUT2D eigenvalue weighted by atomic mass is 15.2. The molecule has 0 radical (unpaired) electrons. The van der Waals surface area contributed by atoms with Crippen molar-refractivity contribution in [3.05, 3.63) is 29.6 Å². The molecule has 0 spiro atoms. The molecule has 0 amide bonds. The molecule has 0 saturated heterocycles. The summed E-state index contributed by atoms with van der Waals surface area (Å²) in [5, 5.41) is 3.31. The average Bonchev–Trinajstić information content (AvgIpc) is 2.36. The summed E-state index contributed by atoms with van der Waals surface area (Å²) < 4.78 is 0. The fraction of sp³-hybridized carbons (Fsp3) is 0.667. The molecule has 1 heterocycles. The van der Waals surface area contributed by atoms with Gasteiger partial charge in [-0.3, -0.25) is 9.88 Å². The molecule has 0 saturated carbocycles. The lowest BCUT2D eigenvalue weighted by Gasteiger charge is -2.34. The smallest absolute Gasteiger partial charge is 0.0547 e. The van der Waals surface area contributed by atoms with Crippen molar-refractivity contribution in [2.75, 3.05) is 13.6 Å². The quantitative estimate of drug-likeness (QED) is 0.805. The van der Waals surface area contributed by atoms with Gasteiger partial charge in [0.1, 0.15) is 0 Å². The Hall–Kier alpha value is -0.930. The lowest BCUT2D eigenvalue weighted by atomic mass is 10.00. The molecule has 1 aromatic heterocycles. The molecular weight excluding hydrogens is 222 g/mol. The first-order valence-corrected chi connectivity index (χ1v) is 6.86. The Labute approximate surface area is 112 Å². The van der Waals surface area contributed by atoms with Gasteiger partial charge in [-0.1, -0.05) is 19.9 Å². The van der Waals surface area contributed by atoms with Gasteiger partial charge in [-0.2, -0.15) is 0 Å². The van der Waals surface area contributed by atoms with E-state index in [-0.39, 0.29) is 5.54 Å². The van der Waals surface area contributed by atoms with Crippen LogP contribution in [0.1, 0.15) is 45.5 Å². The van der Waals surface area contributed by atoms with Crippen LogP contribution in [0.2, 0.25) is 0 Å². The first kappa shape index (κ1) is 15.1. The summed E-state index contributed by atoms with van der Waals surface area (Å²) in [6.45, 7) is 11.6. The summed E-state index contributed by atoms with van der Waals surface area (Å²) >= 11 is 0. The summed E-state index contributed by atoms with van der Waals surface area (Å²) in [5.41, 5.74) is 2.49. The van der Waals surface area contributed by atoms with Gasteiger partial charge in [0.25, 0.3) is 0 Å². The summed E-state index contributed by atoms with van der Waals surface area (Å²) in [4.78, 5) is 7.06. The minimum absolute atomic E-state index is 0.222. The third-order valence-corrected chi connectivity index (χ3v) is 3.72. The van der Waals surface area contributed by atoms with E-state index in [1.165, 1.54) is 0 Å². The molecule has 0 aliphatic carbocycles. The molecule has 0 aromatic carbocycles. The van der Waals surface area contributed by atoms with Gasteiger partial charge < -0.3 is 5.32 Å². The topological polar surface area (TPSA) is 28.2 Å².